The zero-order valence-corrected chi connectivity index (χ0v) is 10.7. The highest BCUT2D eigenvalue weighted by atomic mass is 16.7. The summed E-state index contributed by atoms with van der Waals surface area (Å²) >= 11 is 0. The van der Waals surface area contributed by atoms with Gasteiger partial charge in [-0.2, -0.15) is 0 Å². The van der Waals surface area contributed by atoms with E-state index in [2.05, 4.69) is 0 Å². The van der Waals surface area contributed by atoms with Gasteiger partial charge < -0.3 is 19.3 Å². The van der Waals surface area contributed by atoms with E-state index in [9.17, 15) is 9.59 Å². The number of rotatable bonds is 3. The minimum Gasteiger partial charge on any atom is -0.481 e. The van der Waals surface area contributed by atoms with Gasteiger partial charge in [-0.3, -0.25) is 14.4 Å². The summed E-state index contributed by atoms with van der Waals surface area (Å²) in [6.45, 7) is 3.99. The van der Waals surface area contributed by atoms with Gasteiger partial charge in [-0.1, -0.05) is 0 Å². The van der Waals surface area contributed by atoms with Crippen LogP contribution in [0.5, 0.6) is 0 Å². The number of hydrogen-bond acceptors (Lipinski definition) is 6. The number of ether oxygens (including phenoxy) is 3. The lowest BCUT2D eigenvalue weighted by Crippen LogP contribution is -2.21. The van der Waals surface area contributed by atoms with Gasteiger partial charge in [0.25, 0.3) is 5.97 Å². The Labute approximate surface area is 105 Å². The van der Waals surface area contributed by atoms with Crippen LogP contribution < -0.4 is 0 Å². The van der Waals surface area contributed by atoms with E-state index >= 15 is 0 Å². The molecule has 1 saturated heterocycles. The average molecular weight is 262 g/mol. The molecule has 0 saturated carbocycles. The molecular formula is C11H18O7. The van der Waals surface area contributed by atoms with Crippen molar-refractivity contribution >= 4 is 17.9 Å². The van der Waals surface area contributed by atoms with Crippen LogP contribution >= 0.6 is 0 Å². The number of carboxylic acid groups (broad SMARTS) is 1. The van der Waals surface area contributed by atoms with E-state index in [4.69, 9.17) is 24.1 Å². The van der Waals surface area contributed by atoms with Crippen LogP contribution in [0.4, 0.5) is 0 Å². The molecule has 0 aromatic carbocycles. The molecule has 7 nitrogen and oxygen atoms in total. The van der Waals surface area contributed by atoms with Gasteiger partial charge >= 0.3 is 11.9 Å². The van der Waals surface area contributed by atoms with Crippen molar-refractivity contribution in [2.45, 2.75) is 46.0 Å². The largest absolute Gasteiger partial charge is 0.481 e. The van der Waals surface area contributed by atoms with Crippen molar-refractivity contribution < 1.29 is 33.7 Å². The van der Waals surface area contributed by atoms with Crippen LogP contribution in [0.2, 0.25) is 0 Å². The number of carboxylic acids is 1. The van der Waals surface area contributed by atoms with Crippen LogP contribution in [0.25, 0.3) is 0 Å². The normalized spacial score (nSPS) is 21.5. The molecule has 104 valence electrons. The van der Waals surface area contributed by atoms with Crippen LogP contribution in [-0.4, -0.2) is 42.0 Å². The minimum absolute atomic E-state index is 0.150. The number of carbonyl (C=O) groups excluding carboxylic acids is 2. The highest BCUT2D eigenvalue weighted by Crippen LogP contribution is 2.20. The smallest absolute Gasteiger partial charge is 0.304 e. The fourth-order valence-electron chi connectivity index (χ4n) is 1.28. The summed E-state index contributed by atoms with van der Waals surface area (Å²) in [7, 11) is 0. The fraction of sp³-hybridized carbons (Fsp3) is 0.727. The Balaban J connectivity index is 0.000000631. The second-order valence-corrected chi connectivity index (χ2v) is 3.70. The van der Waals surface area contributed by atoms with Crippen molar-refractivity contribution in [1.82, 2.24) is 0 Å². The van der Waals surface area contributed by atoms with Crippen LogP contribution in [0.1, 0.15) is 33.6 Å². The van der Waals surface area contributed by atoms with Crippen molar-refractivity contribution in [1.29, 1.82) is 0 Å². The fourth-order valence-corrected chi connectivity index (χ4v) is 1.28. The number of aliphatic carboxylic acids is 1. The molecule has 0 aliphatic carbocycles. The van der Waals surface area contributed by atoms with E-state index in [0.29, 0.717) is 6.42 Å². The molecule has 7 heteroatoms. The summed E-state index contributed by atoms with van der Waals surface area (Å²) in [5.41, 5.74) is 0. The third kappa shape index (κ3) is 9.59. The molecule has 1 rings (SSSR count). The standard InChI is InChI=1S/C9H14O5.C2H4O2/c1-6(10)12-5-8-3-4-9(14-8)13-7(2)11;1-2(3)4/h8-9H,3-5H2,1-2H3;1H3,(H,3,4)/t8-,9+;/m0./s1. The maximum absolute atomic E-state index is 10.6. The Bertz CT molecular complexity index is 296. The highest BCUT2D eigenvalue weighted by molar-refractivity contribution is 5.66. The molecule has 0 aromatic rings. The molecule has 1 aliphatic rings. The molecule has 1 heterocycles. The highest BCUT2D eigenvalue weighted by Gasteiger charge is 2.27. The summed E-state index contributed by atoms with van der Waals surface area (Å²) in [4.78, 5) is 30.1. The van der Waals surface area contributed by atoms with Gasteiger partial charge in [0.15, 0.2) is 0 Å². The quantitative estimate of drug-likeness (QED) is 0.747. The lowest BCUT2D eigenvalue weighted by atomic mass is 10.2. The van der Waals surface area contributed by atoms with Crippen molar-refractivity contribution in [2.24, 2.45) is 0 Å². The Morgan fingerprint density at radius 1 is 1.17 bits per heavy atom. The second kappa shape index (κ2) is 8.46. The van der Waals surface area contributed by atoms with Gasteiger partial charge in [0.2, 0.25) is 6.29 Å². The zero-order chi connectivity index (χ0) is 14.1. The van der Waals surface area contributed by atoms with Gasteiger partial charge in [-0.05, 0) is 6.42 Å². The Morgan fingerprint density at radius 2 is 1.72 bits per heavy atom. The number of esters is 2. The SMILES string of the molecule is CC(=O)O.CC(=O)OC[C@@H]1CC[C@H](OC(C)=O)O1. The maximum atomic E-state index is 10.6. The predicted molar refractivity (Wildman–Crippen MR) is 59.6 cm³/mol. The lowest BCUT2D eigenvalue weighted by molar-refractivity contribution is -0.177. The molecule has 1 aliphatic heterocycles. The monoisotopic (exact) mass is 262 g/mol. The molecule has 1 N–H and O–H groups in total. The summed E-state index contributed by atoms with van der Waals surface area (Å²) in [5.74, 6) is -1.52. The van der Waals surface area contributed by atoms with Gasteiger partial charge in [-0.25, -0.2) is 0 Å². The third-order valence-corrected chi connectivity index (χ3v) is 1.84. The van der Waals surface area contributed by atoms with E-state index in [-0.39, 0.29) is 24.6 Å². The van der Waals surface area contributed by atoms with Crippen LogP contribution in [0.15, 0.2) is 0 Å². The first-order valence-corrected chi connectivity index (χ1v) is 5.46. The topological polar surface area (TPSA) is 99.1 Å². The molecule has 1 fully saturated rings. The van der Waals surface area contributed by atoms with Gasteiger partial charge in [-0.15, -0.1) is 0 Å². The minimum atomic E-state index is -0.833. The molecule has 0 bridgehead atoms. The number of carbonyl (C=O) groups is 3. The van der Waals surface area contributed by atoms with Crippen LogP contribution in [0.3, 0.4) is 0 Å². The summed E-state index contributed by atoms with van der Waals surface area (Å²) < 4.78 is 14.9. The van der Waals surface area contributed by atoms with Crippen molar-refractivity contribution in [3.8, 4) is 0 Å². The molecule has 2 atom stereocenters. The van der Waals surface area contributed by atoms with E-state index in [1.807, 2.05) is 0 Å². The van der Waals surface area contributed by atoms with E-state index in [1.165, 1.54) is 13.8 Å². The molecule has 0 spiro atoms. The molecule has 0 unspecified atom stereocenters. The molecular weight excluding hydrogens is 244 g/mol. The van der Waals surface area contributed by atoms with Crippen molar-refractivity contribution in [3.63, 3.8) is 0 Å². The Hall–Kier alpha value is -1.63. The van der Waals surface area contributed by atoms with Crippen molar-refractivity contribution in [2.75, 3.05) is 6.61 Å². The third-order valence-electron chi connectivity index (χ3n) is 1.84. The average Bonchev–Trinajstić information content (AvgIpc) is 2.60. The second-order valence-electron chi connectivity index (χ2n) is 3.70. The van der Waals surface area contributed by atoms with Crippen LogP contribution in [-0.2, 0) is 28.6 Å². The van der Waals surface area contributed by atoms with Crippen LogP contribution in [0, 0.1) is 0 Å². The zero-order valence-electron chi connectivity index (χ0n) is 10.7. The first-order valence-electron chi connectivity index (χ1n) is 5.46. The Kier molecular flexibility index (Phi) is 7.69. The van der Waals surface area contributed by atoms with E-state index in [1.54, 1.807) is 0 Å². The van der Waals surface area contributed by atoms with Gasteiger partial charge in [0.05, 0.1) is 6.10 Å². The molecule has 0 radical (unpaired) electrons. The molecule has 0 amide bonds. The summed E-state index contributed by atoms with van der Waals surface area (Å²) in [6.07, 6.45) is 0.771. The van der Waals surface area contributed by atoms with Gasteiger partial charge in [0, 0.05) is 27.2 Å². The Morgan fingerprint density at radius 3 is 2.17 bits per heavy atom. The predicted octanol–water partition coefficient (Wildman–Crippen LogP) is 0.709. The molecule has 18 heavy (non-hydrogen) atoms. The first-order chi connectivity index (χ1) is 8.31. The summed E-state index contributed by atoms with van der Waals surface area (Å²) in [5, 5.41) is 7.42. The van der Waals surface area contributed by atoms with E-state index in [0.717, 1.165) is 13.3 Å². The number of hydrogen-bond donors (Lipinski definition) is 1. The van der Waals surface area contributed by atoms with Crippen molar-refractivity contribution in [3.05, 3.63) is 0 Å². The molecule has 0 aromatic heterocycles. The van der Waals surface area contributed by atoms with E-state index < -0.39 is 12.3 Å². The van der Waals surface area contributed by atoms with Gasteiger partial charge in [0.1, 0.15) is 6.61 Å². The lowest BCUT2D eigenvalue weighted by Gasteiger charge is -2.12. The first kappa shape index (κ1) is 16.4. The maximum Gasteiger partial charge on any atom is 0.304 e. The summed E-state index contributed by atoms with van der Waals surface area (Å²) in [6, 6.07) is 0.